The highest BCUT2D eigenvalue weighted by molar-refractivity contribution is 9.13. The zero-order chi connectivity index (χ0) is 14.1. The van der Waals surface area contributed by atoms with Crippen LogP contribution in [0.2, 0.25) is 0 Å². The zero-order valence-electron chi connectivity index (χ0n) is 10.7. The van der Waals surface area contributed by atoms with Gasteiger partial charge in [-0.15, -0.1) is 0 Å². The maximum absolute atomic E-state index is 9.47. The molecule has 2 aromatic carbocycles. The highest BCUT2D eigenvalue weighted by Crippen LogP contribution is 2.26. The Hall–Kier alpha value is -1.10. The van der Waals surface area contributed by atoms with E-state index in [1.165, 1.54) is 5.56 Å². The van der Waals surface area contributed by atoms with Crippen LogP contribution in [0.15, 0.2) is 57.6 Å². The van der Waals surface area contributed by atoms with Crippen LogP contribution in [0.5, 0.6) is 0 Å². The van der Waals surface area contributed by atoms with Crippen molar-refractivity contribution in [1.82, 2.24) is 4.57 Å². The third-order valence-electron chi connectivity index (χ3n) is 3.38. The summed E-state index contributed by atoms with van der Waals surface area (Å²) in [6, 6.07) is 14.4. The molecule has 0 fully saturated rings. The lowest BCUT2D eigenvalue weighted by atomic mass is 10.2. The Kier molecular flexibility index (Phi) is 3.96. The largest absolute Gasteiger partial charge is 0.392 e. The van der Waals surface area contributed by atoms with Crippen LogP contribution in [0.4, 0.5) is 0 Å². The van der Waals surface area contributed by atoms with Gasteiger partial charge in [-0.25, -0.2) is 0 Å². The van der Waals surface area contributed by atoms with Crippen LogP contribution in [0.25, 0.3) is 10.9 Å². The predicted octanol–water partition coefficient (Wildman–Crippen LogP) is 4.71. The maximum Gasteiger partial charge on any atom is 0.0702 e. The Labute approximate surface area is 134 Å². The van der Waals surface area contributed by atoms with Crippen LogP contribution in [0, 0.1) is 0 Å². The summed E-state index contributed by atoms with van der Waals surface area (Å²) in [5, 5.41) is 10.6. The number of nitrogens with zero attached hydrogens (tertiary/aromatic N) is 1. The quantitative estimate of drug-likeness (QED) is 0.683. The molecule has 2 nitrogen and oxygen atoms in total. The van der Waals surface area contributed by atoms with Gasteiger partial charge < -0.3 is 9.67 Å². The Morgan fingerprint density at radius 1 is 1.00 bits per heavy atom. The monoisotopic (exact) mass is 393 g/mol. The summed E-state index contributed by atoms with van der Waals surface area (Å²) in [4.78, 5) is 0. The van der Waals surface area contributed by atoms with Crippen molar-refractivity contribution in [3.8, 4) is 0 Å². The fourth-order valence-electron chi connectivity index (χ4n) is 2.41. The van der Waals surface area contributed by atoms with Crippen molar-refractivity contribution >= 4 is 42.8 Å². The summed E-state index contributed by atoms with van der Waals surface area (Å²) in [5.74, 6) is 0. The first-order chi connectivity index (χ1) is 9.69. The highest BCUT2D eigenvalue weighted by atomic mass is 79.9. The summed E-state index contributed by atoms with van der Waals surface area (Å²) >= 11 is 7.02. The maximum atomic E-state index is 9.47. The second-order valence-corrected chi connectivity index (χ2v) is 6.41. The first kappa shape index (κ1) is 13.9. The second kappa shape index (κ2) is 5.72. The van der Waals surface area contributed by atoms with Gasteiger partial charge in [0, 0.05) is 38.2 Å². The summed E-state index contributed by atoms with van der Waals surface area (Å²) in [5.41, 5.74) is 3.33. The number of fused-ring (bicyclic) bond motifs is 1. The molecule has 0 radical (unpaired) electrons. The standard InChI is InChI=1S/C16H13Br2NO/c17-14-6-5-11(7-15(14)18)8-19-9-12(10-20)13-3-1-2-4-16(13)19/h1-7,9,20H,8,10H2. The van der Waals surface area contributed by atoms with Crippen molar-refractivity contribution in [2.45, 2.75) is 13.2 Å². The SMILES string of the molecule is OCc1cn(Cc2ccc(Br)c(Br)c2)c2ccccc12. The van der Waals surface area contributed by atoms with Crippen LogP contribution in [0.1, 0.15) is 11.1 Å². The smallest absolute Gasteiger partial charge is 0.0702 e. The van der Waals surface area contributed by atoms with Crippen LogP contribution >= 0.6 is 31.9 Å². The number of aliphatic hydroxyl groups is 1. The third kappa shape index (κ3) is 2.55. The van der Waals surface area contributed by atoms with E-state index < -0.39 is 0 Å². The number of hydrogen-bond acceptors (Lipinski definition) is 1. The minimum atomic E-state index is 0.0670. The van der Waals surface area contributed by atoms with Crippen molar-refractivity contribution in [3.63, 3.8) is 0 Å². The summed E-state index contributed by atoms with van der Waals surface area (Å²) < 4.78 is 4.28. The van der Waals surface area contributed by atoms with Crippen molar-refractivity contribution in [2.75, 3.05) is 0 Å². The van der Waals surface area contributed by atoms with E-state index >= 15 is 0 Å². The number of benzene rings is 2. The average Bonchev–Trinajstić information content (AvgIpc) is 2.81. The molecular weight excluding hydrogens is 382 g/mol. The minimum absolute atomic E-state index is 0.0670. The van der Waals surface area contributed by atoms with E-state index in [1.807, 2.05) is 24.4 Å². The van der Waals surface area contributed by atoms with E-state index in [0.29, 0.717) is 0 Å². The number of aromatic nitrogens is 1. The van der Waals surface area contributed by atoms with Gasteiger partial charge in [0.1, 0.15) is 0 Å². The van der Waals surface area contributed by atoms with Gasteiger partial charge >= 0.3 is 0 Å². The van der Waals surface area contributed by atoms with E-state index in [0.717, 1.165) is 32.0 Å². The number of hydrogen-bond donors (Lipinski definition) is 1. The van der Waals surface area contributed by atoms with E-state index in [2.05, 4.69) is 60.7 Å². The normalized spacial score (nSPS) is 11.2. The van der Waals surface area contributed by atoms with E-state index in [-0.39, 0.29) is 6.61 Å². The molecular formula is C16H13Br2NO. The molecule has 3 rings (SSSR count). The van der Waals surface area contributed by atoms with Crippen LogP contribution in [-0.2, 0) is 13.2 Å². The van der Waals surface area contributed by atoms with E-state index in [1.54, 1.807) is 0 Å². The number of para-hydroxylation sites is 1. The van der Waals surface area contributed by atoms with Crippen molar-refractivity contribution in [2.24, 2.45) is 0 Å². The molecule has 102 valence electrons. The molecule has 0 atom stereocenters. The number of aliphatic hydroxyl groups excluding tert-OH is 1. The van der Waals surface area contributed by atoms with E-state index in [4.69, 9.17) is 0 Å². The van der Waals surface area contributed by atoms with Gasteiger partial charge in [0.2, 0.25) is 0 Å². The third-order valence-corrected chi connectivity index (χ3v) is 5.26. The Morgan fingerprint density at radius 2 is 1.80 bits per heavy atom. The lowest BCUT2D eigenvalue weighted by molar-refractivity contribution is 0.283. The van der Waals surface area contributed by atoms with Crippen molar-refractivity contribution in [1.29, 1.82) is 0 Å². The van der Waals surface area contributed by atoms with Gasteiger partial charge in [0.05, 0.1) is 6.61 Å². The van der Waals surface area contributed by atoms with Gasteiger partial charge in [0.25, 0.3) is 0 Å². The number of rotatable bonds is 3. The molecule has 0 bridgehead atoms. The highest BCUT2D eigenvalue weighted by Gasteiger charge is 2.08. The first-order valence-electron chi connectivity index (χ1n) is 6.30. The molecule has 0 amide bonds. The van der Waals surface area contributed by atoms with Crippen LogP contribution in [0.3, 0.4) is 0 Å². The molecule has 0 aliphatic rings. The summed E-state index contributed by atoms with van der Waals surface area (Å²) in [6.07, 6.45) is 2.03. The molecule has 0 aliphatic carbocycles. The zero-order valence-corrected chi connectivity index (χ0v) is 13.9. The lowest BCUT2D eigenvalue weighted by Gasteiger charge is -2.07. The van der Waals surface area contributed by atoms with Crippen molar-refractivity contribution < 1.29 is 5.11 Å². The molecule has 4 heteroatoms. The fraction of sp³-hybridized carbons (Fsp3) is 0.125. The molecule has 0 aliphatic heterocycles. The van der Waals surface area contributed by atoms with Gasteiger partial charge in [-0.3, -0.25) is 0 Å². The van der Waals surface area contributed by atoms with Gasteiger partial charge in [-0.2, -0.15) is 0 Å². The molecule has 20 heavy (non-hydrogen) atoms. The second-order valence-electron chi connectivity index (χ2n) is 4.71. The molecule has 0 unspecified atom stereocenters. The lowest BCUT2D eigenvalue weighted by Crippen LogP contribution is -1.97. The van der Waals surface area contributed by atoms with Crippen LogP contribution in [-0.4, -0.2) is 9.67 Å². The minimum Gasteiger partial charge on any atom is -0.392 e. The fourth-order valence-corrected chi connectivity index (χ4v) is 3.09. The van der Waals surface area contributed by atoms with Gasteiger partial charge in [-0.1, -0.05) is 24.3 Å². The average molecular weight is 395 g/mol. The summed E-state index contributed by atoms with van der Waals surface area (Å²) in [6.45, 7) is 0.851. The Bertz CT molecular complexity index is 764. The van der Waals surface area contributed by atoms with Crippen molar-refractivity contribution in [3.05, 3.63) is 68.7 Å². The molecule has 1 aromatic heterocycles. The molecule has 1 N–H and O–H groups in total. The molecule has 0 saturated heterocycles. The molecule has 0 saturated carbocycles. The first-order valence-corrected chi connectivity index (χ1v) is 7.89. The van der Waals surface area contributed by atoms with Gasteiger partial charge in [-0.05, 0) is 55.6 Å². The summed E-state index contributed by atoms with van der Waals surface area (Å²) in [7, 11) is 0. The predicted molar refractivity (Wildman–Crippen MR) is 88.8 cm³/mol. The molecule has 3 aromatic rings. The van der Waals surface area contributed by atoms with E-state index in [9.17, 15) is 5.11 Å². The topological polar surface area (TPSA) is 25.2 Å². The number of halogens is 2. The Morgan fingerprint density at radius 3 is 2.55 bits per heavy atom. The molecule has 1 heterocycles. The molecule has 0 spiro atoms. The van der Waals surface area contributed by atoms with Crippen LogP contribution < -0.4 is 0 Å². The van der Waals surface area contributed by atoms with Gasteiger partial charge in [0.15, 0.2) is 0 Å². The Balaban J connectivity index is 2.04.